The topological polar surface area (TPSA) is 41.6 Å². The van der Waals surface area contributed by atoms with Gasteiger partial charge in [0.25, 0.3) is 0 Å². The van der Waals surface area contributed by atoms with Gasteiger partial charge in [0, 0.05) is 31.3 Å². The summed E-state index contributed by atoms with van der Waals surface area (Å²) in [5.74, 6) is 0.670. The number of rotatable bonds is 3. The molecule has 3 rings (SSSR count). The van der Waals surface area contributed by atoms with Crippen molar-refractivity contribution in [2.45, 2.75) is 31.9 Å². The number of ether oxygens (including phenoxy) is 1. The third-order valence-electron chi connectivity index (χ3n) is 4.71. The lowest BCUT2D eigenvalue weighted by atomic mass is 9.87. The average molecular weight is 274 g/mol. The number of fused-ring (bicyclic) bond motifs is 1. The zero-order chi connectivity index (χ0) is 14.3. The van der Waals surface area contributed by atoms with Crippen LogP contribution in [0.15, 0.2) is 18.2 Å². The molecule has 1 saturated heterocycles. The van der Waals surface area contributed by atoms with E-state index in [0.717, 1.165) is 24.3 Å². The molecule has 2 heterocycles. The van der Waals surface area contributed by atoms with Crippen LogP contribution in [0.4, 0.5) is 5.69 Å². The molecule has 0 bridgehead atoms. The van der Waals surface area contributed by atoms with Gasteiger partial charge in [-0.3, -0.25) is 4.79 Å². The molecular formula is C16H22N2O2. The van der Waals surface area contributed by atoms with Crippen LogP contribution in [0.25, 0.3) is 0 Å². The Balaban J connectivity index is 1.90. The van der Waals surface area contributed by atoms with Crippen molar-refractivity contribution in [1.82, 2.24) is 5.32 Å². The van der Waals surface area contributed by atoms with Crippen molar-refractivity contribution in [2.75, 3.05) is 25.6 Å². The summed E-state index contributed by atoms with van der Waals surface area (Å²) < 4.78 is 5.69. The first-order valence-electron chi connectivity index (χ1n) is 7.30. The Hall–Kier alpha value is -1.39. The lowest BCUT2D eigenvalue weighted by Crippen LogP contribution is -2.29. The van der Waals surface area contributed by atoms with Crippen LogP contribution in [0.1, 0.15) is 30.5 Å². The fraction of sp³-hybridized carbons (Fsp3) is 0.562. The predicted molar refractivity (Wildman–Crippen MR) is 78.9 cm³/mol. The van der Waals surface area contributed by atoms with E-state index in [4.69, 9.17) is 4.74 Å². The maximum absolute atomic E-state index is 11.8. The fourth-order valence-electron chi connectivity index (χ4n) is 3.50. The summed E-state index contributed by atoms with van der Waals surface area (Å²) in [6, 6.07) is 6.68. The molecule has 1 aromatic rings. The number of hydrogen-bond donors (Lipinski definition) is 1. The molecule has 4 nitrogen and oxygen atoms in total. The van der Waals surface area contributed by atoms with Gasteiger partial charge in [-0.25, -0.2) is 0 Å². The summed E-state index contributed by atoms with van der Waals surface area (Å²) in [5, 5.41) is 3.43. The van der Waals surface area contributed by atoms with Gasteiger partial charge in [-0.05, 0) is 37.6 Å². The van der Waals surface area contributed by atoms with Crippen LogP contribution in [-0.4, -0.2) is 32.7 Å². The van der Waals surface area contributed by atoms with Crippen molar-refractivity contribution >= 4 is 11.6 Å². The van der Waals surface area contributed by atoms with Crippen LogP contribution in [0.5, 0.6) is 0 Å². The van der Waals surface area contributed by atoms with Crippen molar-refractivity contribution in [3.05, 3.63) is 29.3 Å². The molecule has 108 valence electrons. The summed E-state index contributed by atoms with van der Waals surface area (Å²) in [6.45, 7) is 2.99. The lowest BCUT2D eigenvalue weighted by Gasteiger charge is -2.26. The van der Waals surface area contributed by atoms with E-state index in [0.29, 0.717) is 18.4 Å². The van der Waals surface area contributed by atoms with Crippen LogP contribution in [-0.2, 0) is 16.0 Å². The van der Waals surface area contributed by atoms with E-state index < -0.39 is 0 Å². The summed E-state index contributed by atoms with van der Waals surface area (Å²) in [5.41, 5.74) is 3.45. The minimum Gasteiger partial charge on any atom is -0.378 e. The molecule has 0 spiro atoms. The summed E-state index contributed by atoms with van der Waals surface area (Å²) in [7, 11) is 3.84. The van der Waals surface area contributed by atoms with Gasteiger partial charge < -0.3 is 15.0 Å². The van der Waals surface area contributed by atoms with Crippen molar-refractivity contribution in [3.8, 4) is 0 Å². The third-order valence-corrected chi connectivity index (χ3v) is 4.71. The molecule has 1 fully saturated rings. The van der Waals surface area contributed by atoms with Crippen molar-refractivity contribution < 1.29 is 9.53 Å². The third kappa shape index (κ3) is 2.13. The standard InChI is InChI=1S/C16H22N2O2/c1-10-13(6-7-20-10)16(17-2)11-4-5-14-12(8-11)9-15(19)18(14)3/h4-5,8,10,13,16-17H,6-7,9H2,1-3H3. The zero-order valence-electron chi connectivity index (χ0n) is 12.3. The van der Waals surface area contributed by atoms with Gasteiger partial charge >= 0.3 is 0 Å². The van der Waals surface area contributed by atoms with Crippen molar-refractivity contribution in [3.63, 3.8) is 0 Å². The zero-order valence-corrected chi connectivity index (χ0v) is 12.3. The van der Waals surface area contributed by atoms with Crippen LogP contribution < -0.4 is 10.2 Å². The molecule has 0 saturated carbocycles. The van der Waals surface area contributed by atoms with Crippen molar-refractivity contribution in [1.29, 1.82) is 0 Å². The number of anilines is 1. The summed E-state index contributed by atoms with van der Waals surface area (Å²) in [6.07, 6.45) is 1.89. The van der Waals surface area contributed by atoms with Crippen LogP contribution in [0.2, 0.25) is 0 Å². The molecule has 3 unspecified atom stereocenters. The largest absolute Gasteiger partial charge is 0.378 e. The SMILES string of the molecule is CNC(c1ccc2c(c1)CC(=O)N2C)C1CCOC1C. The van der Waals surface area contributed by atoms with E-state index in [1.54, 1.807) is 4.90 Å². The van der Waals surface area contributed by atoms with E-state index in [1.165, 1.54) is 5.56 Å². The second-order valence-electron chi connectivity index (χ2n) is 5.81. The molecule has 2 aliphatic rings. The molecule has 1 amide bonds. The van der Waals surface area contributed by atoms with E-state index in [9.17, 15) is 4.79 Å². The second-order valence-corrected chi connectivity index (χ2v) is 5.81. The number of nitrogens with one attached hydrogen (secondary N) is 1. The maximum atomic E-state index is 11.8. The Morgan fingerprint density at radius 1 is 1.45 bits per heavy atom. The van der Waals surface area contributed by atoms with Gasteiger partial charge in [-0.15, -0.1) is 0 Å². The number of likely N-dealkylation sites (N-methyl/N-ethyl adjacent to an activating group) is 1. The van der Waals surface area contributed by atoms with E-state index >= 15 is 0 Å². The molecule has 2 aliphatic heterocycles. The monoisotopic (exact) mass is 274 g/mol. The summed E-state index contributed by atoms with van der Waals surface area (Å²) in [4.78, 5) is 13.5. The molecule has 4 heteroatoms. The number of benzene rings is 1. The first-order valence-corrected chi connectivity index (χ1v) is 7.30. The second kappa shape index (κ2) is 5.19. The van der Waals surface area contributed by atoms with Gasteiger partial charge in [0.1, 0.15) is 0 Å². The van der Waals surface area contributed by atoms with Crippen LogP contribution >= 0.6 is 0 Å². The molecule has 0 aliphatic carbocycles. The van der Waals surface area contributed by atoms with Gasteiger partial charge in [-0.1, -0.05) is 12.1 Å². The first-order chi connectivity index (χ1) is 9.61. The predicted octanol–water partition coefficient (Wildman–Crippen LogP) is 1.89. The quantitative estimate of drug-likeness (QED) is 0.915. The molecule has 0 radical (unpaired) electrons. The smallest absolute Gasteiger partial charge is 0.231 e. The highest BCUT2D eigenvalue weighted by atomic mass is 16.5. The first kappa shape index (κ1) is 13.6. The van der Waals surface area contributed by atoms with E-state index in [1.807, 2.05) is 14.1 Å². The van der Waals surface area contributed by atoms with Gasteiger partial charge in [-0.2, -0.15) is 0 Å². The maximum Gasteiger partial charge on any atom is 0.231 e. The Labute approximate surface area is 120 Å². The normalized spacial score (nSPS) is 26.9. The Bertz CT molecular complexity index is 529. The van der Waals surface area contributed by atoms with Crippen molar-refractivity contribution in [2.24, 2.45) is 5.92 Å². The van der Waals surface area contributed by atoms with E-state index in [-0.39, 0.29) is 12.0 Å². The van der Waals surface area contributed by atoms with Gasteiger partial charge in [0.2, 0.25) is 5.91 Å². The molecule has 1 N–H and O–H groups in total. The number of nitrogens with zero attached hydrogens (tertiary/aromatic N) is 1. The van der Waals surface area contributed by atoms with Crippen LogP contribution in [0, 0.1) is 5.92 Å². The average Bonchev–Trinajstić information content (AvgIpc) is 2.96. The van der Waals surface area contributed by atoms with E-state index in [2.05, 4.69) is 30.4 Å². The molecular weight excluding hydrogens is 252 g/mol. The number of carbonyl (C=O) groups excluding carboxylic acids is 1. The Kier molecular flexibility index (Phi) is 3.52. The number of hydrogen-bond acceptors (Lipinski definition) is 3. The number of carbonyl (C=O) groups is 1. The van der Waals surface area contributed by atoms with Gasteiger partial charge in [0.15, 0.2) is 0 Å². The Morgan fingerprint density at radius 2 is 2.25 bits per heavy atom. The molecule has 1 aromatic carbocycles. The Morgan fingerprint density at radius 3 is 2.90 bits per heavy atom. The molecule has 3 atom stereocenters. The number of amides is 1. The minimum atomic E-state index is 0.177. The highest BCUT2D eigenvalue weighted by molar-refractivity contribution is 6.00. The van der Waals surface area contributed by atoms with Gasteiger partial charge in [0.05, 0.1) is 12.5 Å². The summed E-state index contributed by atoms with van der Waals surface area (Å²) >= 11 is 0. The van der Waals surface area contributed by atoms with Crippen LogP contribution in [0.3, 0.4) is 0 Å². The molecule has 20 heavy (non-hydrogen) atoms. The highest BCUT2D eigenvalue weighted by Crippen LogP contribution is 2.36. The minimum absolute atomic E-state index is 0.177. The fourth-order valence-corrected chi connectivity index (χ4v) is 3.50. The lowest BCUT2D eigenvalue weighted by molar-refractivity contribution is -0.117. The highest BCUT2D eigenvalue weighted by Gasteiger charge is 2.33. The molecule has 0 aromatic heterocycles.